The van der Waals surface area contributed by atoms with E-state index in [2.05, 4.69) is 0 Å². The first-order valence-corrected chi connectivity index (χ1v) is 7.11. The lowest BCUT2D eigenvalue weighted by molar-refractivity contribution is -0.270. The first-order chi connectivity index (χ1) is 8.94. The topological polar surface area (TPSA) is 101 Å². The van der Waals surface area contributed by atoms with Gasteiger partial charge in [0.15, 0.2) is 0 Å². The Labute approximate surface area is 120 Å². The summed E-state index contributed by atoms with van der Waals surface area (Å²) < 4.78 is 0. The van der Waals surface area contributed by atoms with Crippen LogP contribution in [0, 0.1) is 0 Å². The molecule has 0 aliphatic heterocycles. The van der Waals surface area contributed by atoms with Crippen molar-refractivity contribution in [2.75, 3.05) is 0 Å². The van der Waals surface area contributed by atoms with Crippen molar-refractivity contribution in [3.63, 3.8) is 0 Å². The van der Waals surface area contributed by atoms with Gasteiger partial charge in [-0.1, -0.05) is 11.6 Å². The fraction of sp³-hybridized carbons (Fsp3) is 0.867. The van der Waals surface area contributed by atoms with E-state index in [1.165, 1.54) is 13.8 Å². The smallest absolute Gasteiger partial charge is 0.121 e. The molecule has 1 saturated carbocycles. The van der Waals surface area contributed by atoms with Crippen molar-refractivity contribution in [2.24, 2.45) is 0 Å². The highest BCUT2D eigenvalue weighted by Gasteiger charge is 2.59. The largest absolute Gasteiger partial charge is 0.387 e. The van der Waals surface area contributed by atoms with Gasteiger partial charge in [-0.2, -0.15) is 0 Å². The van der Waals surface area contributed by atoms with Gasteiger partial charge in [0, 0.05) is 0 Å². The maximum Gasteiger partial charge on any atom is 0.121 e. The Bertz CT molecular complexity index is 370. The maximum atomic E-state index is 10.6. The van der Waals surface area contributed by atoms with E-state index >= 15 is 0 Å². The van der Waals surface area contributed by atoms with Crippen LogP contribution in [-0.4, -0.2) is 54.5 Å². The highest BCUT2D eigenvalue weighted by Crippen LogP contribution is 2.43. The van der Waals surface area contributed by atoms with E-state index in [4.69, 9.17) is 0 Å². The standard InChI is InChI=1S/C15H28O5/c1-10(2)6-5-7-14(4,19)15(20)9-8-13(3,18)11(16)12(15)17/h6,11-12,16-20H,5,7-9H2,1-4H3. The monoisotopic (exact) mass is 288 g/mol. The molecule has 0 radical (unpaired) electrons. The summed E-state index contributed by atoms with van der Waals surface area (Å²) in [4.78, 5) is 0. The molecule has 5 nitrogen and oxygen atoms in total. The molecule has 0 bridgehead atoms. The Hall–Kier alpha value is -0.460. The van der Waals surface area contributed by atoms with Gasteiger partial charge >= 0.3 is 0 Å². The van der Waals surface area contributed by atoms with Gasteiger partial charge in [-0.15, -0.1) is 0 Å². The SMILES string of the molecule is CC(C)=CCCC(C)(O)C1(O)CCC(C)(O)C(O)C1O. The second kappa shape index (κ2) is 5.73. The summed E-state index contributed by atoms with van der Waals surface area (Å²) in [7, 11) is 0. The zero-order valence-corrected chi connectivity index (χ0v) is 12.8. The normalized spacial score (nSPS) is 41.0. The fourth-order valence-corrected chi connectivity index (χ4v) is 2.79. The molecule has 118 valence electrons. The maximum absolute atomic E-state index is 10.6. The lowest BCUT2D eigenvalue weighted by Gasteiger charge is -2.52. The summed E-state index contributed by atoms with van der Waals surface area (Å²) in [5, 5.41) is 51.2. The average molecular weight is 288 g/mol. The third-order valence-corrected chi connectivity index (χ3v) is 4.55. The summed E-state index contributed by atoms with van der Waals surface area (Å²) >= 11 is 0. The van der Waals surface area contributed by atoms with Crippen LogP contribution in [0.5, 0.6) is 0 Å². The van der Waals surface area contributed by atoms with Gasteiger partial charge in [0.05, 0.1) is 11.2 Å². The molecule has 5 atom stereocenters. The van der Waals surface area contributed by atoms with Crippen LogP contribution in [0.25, 0.3) is 0 Å². The number of aliphatic hydroxyl groups is 5. The summed E-state index contributed by atoms with van der Waals surface area (Å²) in [5.41, 5.74) is -3.72. The number of rotatable bonds is 4. The molecule has 0 aromatic rings. The molecule has 5 unspecified atom stereocenters. The summed E-state index contributed by atoms with van der Waals surface area (Å²) in [6.07, 6.45) is -0.165. The summed E-state index contributed by atoms with van der Waals surface area (Å²) in [5.74, 6) is 0. The van der Waals surface area contributed by atoms with Crippen molar-refractivity contribution in [1.29, 1.82) is 0 Å². The van der Waals surface area contributed by atoms with E-state index < -0.39 is 29.0 Å². The number of hydrogen-bond donors (Lipinski definition) is 5. The second-order valence-electron chi connectivity index (χ2n) is 6.77. The molecule has 0 amide bonds. The van der Waals surface area contributed by atoms with Crippen molar-refractivity contribution in [1.82, 2.24) is 0 Å². The first kappa shape index (κ1) is 17.6. The molecule has 1 aliphatic carbocycles. The van der Waals surface area contributed by atoms with Crippen LogP contribution in [0.2, 0.25) is 0 Å². The molecule has 0 heterocycles. The van der Waals surface area contributed by atoms with Crippen molar-refractivity contribution in [2.45, 2.75) is 82.4 Å². The van der Waals surface area contributed by atoms with E-state index in [-0.39, 0.29) is 19.3 Å². The quantitative estimate of drug-likeness (QED) is 0.484. The average Bonchev–Trinajstić information content (AvgIpc) is 2.31. The van der Waals surface area contributed by atoms with Crippen LogP contribution in [-0.2, 0) is 0 Å². The Kier molecular flexibility index (Phi) is 5.04. The molecule has 5 N–H and O–H groups in total. The Morgan fingerprint density at radius 2 is 1.75 bits per heavy atom. The van der Waals surface area contributed by atoms with Crippen LogP contribution >= 0.6 is 0 Å². The van der Waals surface area contributed by atoms with Crippen LogP contribution < -0.4 is 0 Å². The highest BCUT2D eigenvalue weighted by atomic mass is 16.4. The van der Waals surface area contributed by atoms with E-state index in [9.17, 15) is 25.5 Å². The predicted molar refractivity (Wildman–Crippen MR) is 76.1 cm³/mol. The van der Waals surface area contributed by atoms with Crippen molar-refractivity contribution in [3.05, 3.63) is 11.6 Å². The summed E-state index contributed by atoms with van der Waals surface area (Å²) in [6.45, 7) is 6.76. The Balaban J connectivity index is 2.89. The van der Waals surface area contributed by atoms with Gasteiger partial charge < -0.3 is 25.5 Å². The van der Waals surface area contributed by atoms with Gasteiger partial charge in [-0.05, 0) is 53.4 Å². The molecule has 1 rings (SSSR count). The number of hydrogen-bond acceptors (Lipinski definition) is 5. The zero-order chi connectivity index (χ0) is 15.8. The molecule has 1 fully saturated rings. The van der Waals surface area contributed by atoms with Gasteiger partial charge in [0.2, 0.25) is 0 Å². The van der Waals surface area contributed by atoms with Gasteiger partial charge in [0.25, 0.3) is 0 Å². The van der Waals surface area contributed by atoms with Gasteiger partial charge in [-0.3, -0.25) is 0 Å². The molecule has 1 aliphatic rings. The molecule has 20 heavy (non-hydrogen) atoms. The fourth-order valence-electron chi connectivity index (χ4n) is 2.79. The molecule has 0 saturated heterocycles. The lowest BCUT2D eigenvalue weighted by atomic mass is 9.65. The van der Waals surface area contributed by atoms with Crippen molar-refractivity contribution < 1.29 is 25.5 Å². The minimum absolute atomic E-state index is 0.0278. The minimum Gasteiger partial charge on any atom is -0.387 e. The Morgan fingerprint density at radius 1 is 1.20 bits per heavy atom. The van der Waals surface area contributed by atoms with Crippen molar-refractivity contribution in [3.8, 4) is 0 Å². The molecule has 0 aromatic heterocycles. The van der Waals surface area contributed by atoms with Gasteiger partial charge in [-0.25, -0.2) is 0 Å². The van der Waals surface area contributed by atoms with E-state index in [1.807, 2.05) is 19.9 Å². The van der Waals surface area contributed by atoms with E-state index in [0.717, 1.165) is 5.57 Å². The van der Waals surface area contributed by atoms with Gasteiger partial charge in [0.1, 0.15) is 17.8 Å². The molecule has 0 spiro atoms. The van der Waals surface area contributed by atoms with E-state index in [1.54, 1.807) is 0 Å². The Morgan fingerprint density at radius 3 is 2.25 bits per heavy atom. The first-order valence-electron chi connectivity index (χ1n) is 7.11. The number of allylic oxidation sites excluding steroid dienone is 2. The van der Waals surface area contributed by atoms with Crippen molar-refractivity contribution >= 4 is 0 Å². The summed E-state index contributed by atoms with van der Waals surface area (Å²) in [6, 6.07) is 0. The molecule has 0 aromatic carbocycles. The van der Waals surface area contributed by atoms with E-state index in [0.29, 0.717) is 6.42 Å². The molecular formula is C15H28O5. The lowest BCUT2D eigenvalue weighted by Crippen LogP contribution is -2.69. The number of aliphatic hydroxyl groups excluding tert-OH is 2. The highest BCUT2D eigenvalue weighted by molar-refractivity contribution is 5.11. The zero-order valence-electron chi connectivity index (χ0n) is 12.8. The predicted octanol–water partition coefficient (Wildman–Crippen LogP) is 0.482. The van der Waals surface area contributed by atoms with Crippen LogP contribution in [0.3, 0.4) is 0 Å². The molecule has 5 heteroatoms. The minimum atomic E-state index is -1.83. The third-order valence-electron chi connectivity index (χ3n) is 4.55. The molecular weight excluding hydrogens is 260 g/mol. The van der Waals surface area contributed by atoms with Crippen LogP contribution in [0.4, 0.5) is 0 Å². The third kappa shape index (κ3) is 3.23. The van der Waals surface area contributed by atoms with Crippen LogP contribution in [0.1, 0.15) is 53.4 Å². The van der Waals surface area contributed by atoms with Crippen LogP contribution in [0.15, 0.2) is 11.6 Å². The second-order valence-corrected chi connectivity index (χ2v) is 6.77.